The summed E-state index contributed by atoms with van der Waals surface area (Å²) in [5.41, 5.74) is 1.21. The summed E-state index contributed by atoms with van der Waals surface area (Å²) >= 11 is 5.94. The van der Waals surface area contributed by atoms with Gasteiger partial charge in [-0.25, -0.2) is 0 Å². The van der Waals surface area contributed by atoms with Crippen molar-refractivity contribution >= 4 is 11.6 Å². The van der Waals surface area contributed by atoms with E-state index in [-0.39, 0.29) is 6.04 Å². The van der Waals surface area contributed by atoms with Gasteiger partial charge in [0.2, 0.25) is 0 Å². The van der Waals surface area contributed by atoms with Crippen molar-refractivity contribution in [3.8, 4) is 0 Å². The second-order valence-corrected chi connectivity index (χ2v) is 3.99. The largest absolute Gasteiger partial charge is 0.382 e. The van der Waals surface area contributed by atoms with Crippen molar-refractivity contribution in [2.24, 2.45) is 0 Å². The van der Waals surface area contributed by atoms with E-state index in [1.165, 1.54) is 5.56 Å². The molecule has 0 heterocycles. The predicted molar refractivity (Wildman–Crippen MR) is 70.6 cm³/mol. The lowest BCUT2D eigenvalue weighted by atomic mass is 10.1. The topological polar surface area (TPSA) is 30.5 Å². The van der Waals surface area contributed by atoms with E-state index in [1.54, 1.807) is 7.11 Å². The number of nitrogens with one attached hydrogen (secondary N) is 1. The maximum atomic E-state index is 5.94. The van der Waals surface area contributed by atoms with Crippen molar-refractivity contribution in [3.63, 3.8) is 0 Å². The molecule has 17 heavy (non-hydrogen) atoms. The van der Waals surface area contributed by atoms with Crippen LogP contribution < -0.4 is 5.32 Å². The molecule has 1 aromatic rings. The van der Waals surface area contributed by atoms with E-state index in [1.807, 2.05) is 18.2 Å². The van der Waals surface area contributed by atoms with Crippen LogP contribution in [0.4, 0.5) is 0 Å². The summed E-state index contributed by atoms with van der Waals surface area (Å²) in [6.45, 7) is 2.73. The van der Waals surface area contributed by atoms with Crippen LogP contribution in [0, 0.1) is 0 Å². The van der Waals surface area contributed by atoms with Gasteiger partial charge >= 0.3 is 0 Å². The first-order valence-corrected chi connectivity index (χ1v) is 6.33. The molecule has 3 nitrogen and oxygen atoms in total. The molecule has 1 unspecified atom stereocenters. The Labute approximate surface area is 108 Å². The highest BCUT2D eigenvalue weighted by Gasteiger charge is 2.07. The molecular weight excluding hydrogens is 238 g/mol. The van der Waals surface area contributed by atoms with Crippen molar-refractivity contribution in [2.45, 2.75) is 6.04 Å². The highest BCUT2D eigenvalue weighted by atomic mass is 35.5. The summed E-state index contributed by atoms with van der Waals surface area (Å²) in [5, 5.41) is 3.36. The lowest BCUT2D eigenvalue weighted by Crippen LogP contribution is -2.26. The lowest BCUT2D eigenvalue weighted by molar-refractivity contribution is 0.0712. The molecule has 0 aliphatic rings. The Morgan fingerprint density at radius 3 is 2.59 bits per heavy atom. The molecule has 0 fully saturated rings. The summed E-state index contributed by atoms with van der Waals surface area (Å²) < 4.78 is 10.3. The zero-order valence-electron chi connectivity index (χ0n) is 10.2. The van der Waals surface area contributed by atoms with Gasteiger partial charge in [-0.15, -0.1) is 11.6 Å². The highest BCUT2D eigenvalue weighted by Crippen LogP contribution is 2.13. The molecule has 0 aliphatic carbocycles. The molecule has 0 spiro atoms. The minimum absolute atomic E-state index is 0.184. The maximum absolute atomic E-state index is 5.94. The van der Waals surface area contributed by atoms with Gasteiger partial charge in [-0.2, -0.15) is 0 Å². The first kappa shape index (κ1) is 14.5. The van der Waals surface area contributed by atoms with Gasteiger partial charge in [-0.05, 0) is 5.56 Å². The molecule has 96 valence electrons. The fourth-order valence-electron chi connectivity index (χ4n) is 1.50. The third kappa shape index (κ3) is 6.03. The van der Waals surface area contributed by atoms with Gasteiger partial charge in [-0.3, -0.25) is 0 Å². The van der Waals surface area contributed by atoms with E-state index in [9.17, 15) is 0 Å². The SMILES string of the molecule is COCCOCCNC(CCl)c1ccccc1. The molecule has 0 radical (unpaired) electrons. The first-order valence-electron chi connectivity index (χ1n) is 5.79. The van der Waals surface area contributed by atoms with E-state index in [0.717, 1.165) is 6.54 Å². The summed E-state index contributed by atoms with van der Waals surface area (Å²) in [6, 6.07) is 10.4. The van der Waals surface area contributed by atoms with Crippen molar-refractivity contribution in [1.82, 2.24) is 5.32 Å². The summed E-state index contributed by atoms with van der Waals surface area (Å²) in [4.78, 5) is 0. The molecule has 4 heteroatoms. The van der Waals surface area contributed by atoms with Crippen LogP contribution in [0.5, 0.6) is 0 Å². The monoisotopic (exact) mass is 257 g/mol. The number of rotatable bonds is 9. The zero-order chi connectivity index (χ0) is 12.3. The average molecular weight is 258 g/mol. The van der Waals surface area contributed by atoms with Crippen molar-refractivity contribution < 1.29 is 9.47 Å². The zero-order valence-corrected chi connectivity index (χ0v) is 11.0. The third-order valence-electron chi connectivity index (χ3n) is 2.43. The Kier molecular flexibility index (Phi) is 8.01. The standard InChI is InChI=1S/C13H20ClNO2/c1-16-9-10-17-8-7-15-13(11-14)12-5-3-2-4-6-12/h2-6,13,15H,7-11H2,1H3. The summed E-state index contributed by atoms with van der Waals surface area (Å²) in [5.74, 6) is 0.558. The minimum atomic E-state index is 0.184. The average Bonchev–Trinajstić information content (AvgIpc) is 2.39. The van der Waals surface area contributed by atoms with Gasteiger partial charge in [-0.1, -0.05) is 30.3 Å². The van der Waals surface area contributed by atoms with Crippen molar-refractivity contribution in [1.29, 1.82) is 0 Å². The van der Waals surface area contributed by atoms with Crippen LogP contribution in [0.25, 0.3) is 0 Å². The smallest absolute Gasteiger partial charge is 0.0700 e. The number of alkyl halides is 1. The number of halogens is 1. The lowest BCUT2D eigenvalue weighted by Gasteiger charge is -2.16. The fraction of sp³-hybridized carbons (Fsp3) is 0.538. The molecule has 1 N–H and O–H groups in total. The quantitative estimate of drug-likeness (QED) is 0.544. The summed E-state index contributed by atoms with van der Waals surface area (Å²) in [7, 11) is 1.67. The molecule has 0 aromatic heterocycles. The molecule has 1 aromatic carbocycles. The van der Waals surface area contributed by atoms with Crippen molar-refractivity contribution in [2.75, 3.05) is 39.4 Å². The Hall–Kier alpha value is -0.610. The molecule has 0 bridgehead atoms. The van der Waals surface area contributed by atoms with Crippen LogP contribution >= 0.6 is 11.6 Å². The van der Waals surface area contributed by atoms with E-state index < -0.39 is 0 Å². The van der Waals surface area contributed by atoms with Gasteiger partial charge < -0.3 is 14.8 Å². The van der Waals surface area contributed by atoms with E-state index in [4.69, 9.17) is 21.1 Å². The Balaban J connectivity index is 2.20. The van der Waals surface area contributed by atoms with Gasteiger partial charge in [0.15, 0.2) is 0 Å². The molecular formula is C13H20ClNO2. The minimum Gasteiger partial charge on any atom is -0.382 e. The predicted octanol–water partition coefficient (Wildman–Crippen LogP) is 2.22. The van der Waals surface area contributed by atoms with Crippen molar-refractivity contribution in [3.05, 3.63) is 35.9 Å². The highest BCUT2D eigenvalue weighted by molar-refractivity contribution is 6.18. The van der Waals surface area contributed by atoms with Gasteiger partial charge in [0.1, 0.15) is 0 Å². The second-order valence-electron chi connectivity index (χ2n) is 3.68. The number of benzene rings is 1. The van der Waals surface area contributed by atoms with Gasteiger partial charge in [0.25, 0.3) is 0 Å². The molecule has 1 rings (SSSR count). The number of hydrogen-bond acceptors (Lipinski definition) is 3. The van der Waals surface area contributed by atoms with E-state index in [2.05, 4.69) is 17.4 Å². The first-order chi connectivity index (χ1) is 8.38. The van der Waals surface area contributed by atoms with E-state index in [0.29, 0.717) is 25.7 Å². The van der Waals surface area contributed by atoms with Crippen LogP contribution in [0.2, 0.25) is 0 Å². The Morgan fingerprint density at radius 2 is 1.94 bits per heavy atom. The van der Waals surface area contributed by atoms with Crippen LogP contribution in [0.15, 0.2) is 30.3 Å². The van der Waals surface area contributed by atoms with Crippen LogP contribution in [-0.4, -0.2) is 39.4 Å². The van der Waals surface area contributed by atoms with Crippen LogP contribution in [0.1, 0.15) is 11.6 Å². The molecule has 0 saturated carbocycles. The molecule has 1 atom stereocenters. The van der Waals surface area contributed by atoms with E-state index >= 15 is 0 Å². The van der Waals surface area contributed by atoms with Crippen LogP contribution in [-0.2, 0) is 9.47 Å². The number of ether oxygens (including phenoxy) is 2. The third-order valence-corrected chi connectivity index (χ3v) is 2.73. The van der Waals surface area contributed by atoms with Gasteiger partial charge in [0.05, 0.1) is 19.8 Å². The summed E-state index contributed by atoms with van der Waals surface area (Å²) in [6.07, 6.45) is 0. The number of hydrogen-bond donors (Lipinski definition) is 1. The maximum Gasteiger partial charge on any atom is 0.0700 e. The normalized spacial score (nSPS) is 12.6. The second kappa shape index (κ2) is 9.42. The molecule has 0 amide bonds. The molecule has 0 aliphatic heterocycles. The number of methoxy groups -OCH3 is 1. The molecule has 0 saturated heterocycles. The Morgan fingerprint density at radius 1 is 1.18 bits per heavy atom. The van der Waals surface area contributed by atoms with Gasteiger partial charge in [0, 0.05) is 25.6 Å². The fourth-order valence-corrected chi connectivity index (χ4v) is 1.78. The Bertz CT molecular complexity index is 282. The van der Waals surface area contributed by atoms with Crippen LogP contribution in [0.3, 0.4) is 0 Å².